The maximum Gasteiger partial charge on any atom is 0.301 e. The highest BCUT2D eigenvalue weighted by Crippen LogP contribution is 2.54. The van der Waals surface area contributed by atoms with E-state index in [2.05, 4.69) is 10.5 Å². The molecular weight excluding hydrogens is 328 g/mol. The number of hydrazone groups is 1. The van der Waals surface area contributed by atoms with Gasteiger partial charge in [-0.1, -0.05) is 0 Å². The third-order valence-electron chi connectivity index (χ3n) is 5.69. The van der Waals surface area contributed by atoms with Crippen molar-refractivity contribution in [2.24, 2.45) is 22.9 Å². The fourth-order valence-corrected chi connectivity index (χ4v) is 4.91. The number of rotatable bonds is 4. The molecule has 4 aliphatic carbocycles. The van der Waals surface area contributed by atoms with E-state index < -0.39 is 15.4 Å². The van der Waals surface area contributed by atoms with Crippen molar-refractivity contribution < 1.29 is 15.0 Å². The van der Waals surface area contributed by atoms with Gasteiger partial charge in [0.25, 0.3) is 5.69 Å². The Bertz CT molecular complexity index is 775. The Morgan fingerprint density at radius 1 is 1.12 bits per heavy atom. The Hall–Kier alpha value is -2.55. The van der Waals surface area contributed by atoms with Crippen LogP contribution in [0.5, 0.6) is 0 Å². The number of nitrogens with zero attached hydrogens (tertiary/aromatic N) is 3. The highest BCUT2D eigenvalue weighted by Gasteiger charge is 2.53. The molecule has 0 aromatic heterocycles. The van der Waals surface area contributed by atoms with E-state index in [1.807, 2.05) is 0 Å². The quantitative estimate of drug-likeness (QED) is 0.636. The van der Waals surface area contributed by atoms with E-state index in [0.29, 0.717) is 18.8 Å². The fraction of sp³-hybridized carbons (Fsp3) is 0.562. The molecule has 4 saturated carbocycles. The van der Waals surface area contributed by atoms with E-state index >= 15 is 0 Å². The van der Waals surface area contributed by atoms with Gasteiger partial charge in [0.1, 0.15) is 5.69 Å². The van der Waals surface area contributed by atoms with Crippen LogP contribution in [0, 0.1) is 38.0 Å². The highest BCUT2D eigenvalue weighted by molar-refractivity contribution is 5.92. The van der Waals surface area contributed by atoms with Crippen molar-refractivity contribution >= 4 is 22.8 Å². The van der Waals surface area contributed by atoms with E-state index in [1.54, 1.807) is 0 Å². The Morgan fingerprint density at radius 3 is 2.36 bits per heavy atom. The molecule has 2 atom stereocenters. The lowest BCUT2D eigenvalue weighted by Gasteiger charge is -2.54. The minimum absolute atomic E-state index is 0.135. The SMILES string of the molecule is O=[N+]([O-])c1ccc(NN=C2C3CC4CC2CC(O)(C4)C3)c([N+](=O)[O-])c1. The van der Waals surface area contributed by atoms with Gasteiger partial charge in [-0.15, -0.1) is 0 Å². The summed E-state index contributed by atoms with van der Waals surface area (Å²) in [5.41, 5.74) is 2.56. The molecule has 2 unspecified atom stereocenters. The van der Waals surface area contributed by atoms with Crippen LogP contribution in [0.4, 0.5) is 17.1 Å². The first-order chi connectivity index (χ1) is 11.8. The van der Waals surface area contributed by atoms with Gasteiger partial charge < -0.3 is 5.11 Å². The molecule has 9 nitrogen and oxygen atoms in total. The van der Waals surface area contributed by atoms with Crippen molar-refractivity contribution in [3.8, 4) is 0 Å². The molecule has 4 bridgehead atoms. The Balaban J connectivity index is 1.60. The van der Waals surface area contributed by atoms with Crippen molar-refractivity contribution in [1.82, 2.24) is 0 Å². The van der Waals surface area contributed by atoms with Crippen LogP contribution >= 0.6 is 0 Å². The lowest BCUT2D eigenvalue weighted by Crippen LogP contribution is -2.55. The lowest BCUT2D eigenvalue weighted by atomic mass is 9.53. The van der Waals surface area contributed by atoms with Gasteiger partial charge in [-0.25, -0.2) is 0 Å². The minimum Gasteiger partial charge on any atom is -0.390 e. The number of nitrogens with one attached hydrogen (secondary N) is 1. The van der Waals surface area contributed by atoms with Crippen LogP contribution in [-0.2, 0) is 0 Å². The van der Waals surface area contributed by atoms with Crippen LogP contribution in [-0.4, -0.2) is 26.3 Å². The Labute approximate surface area is 143 Å². The van der Waals surface area contributed by atoms with E-state index in [4.69, 9.17) is 0 Å². The first-order valence-corrected chi connectivity index (χ1v) is 8.33. The molecule has 0 saturated heterocycles. The molecule has 9 heteroatoms. The topological polar surface area (TPSA) is 131 Å². The van der Waals surface area contributed by atoms with Crippen molar-refractivity contribution in [2.45, 2.75) is 37.7 Å². The Morgan fingerprint density at radius 2 is 1.80 bits per heavy atom. The molecular formula is C16H18N4O5. The highest BCUT2D eigenvalue weighted by atomic mass is 16.6. The fourth-order valence-electron chi connectivity index (χ4n) is 4.91. The smallest absolute Gasteiger partial charge is 0.301 e. The second kappa shape index (κ2) is 5.48. The molecule has 0 spiro atoms. The first kappa shape index (κ1) is 15.9. The third-order valence-corrected chi connectivity index (χ3v) is 5.69. The van der Waals surface area contributed by atoms with E-state index in [0.717, 1.165) is 31.0 Å². The van der Waals surface area contributed by atoms with Crippen LogP contribution in [0.3, 0.4) is 0 Å². The number of benzene rings is 1. The number of aliphatic hydroxyl groups is 1. The maximum atomic E-state index is 11.2. The van der Waals surface area contributed by atoms with Crippen LogP contribution in [0.15, 0.2) is 23.3 Å². The summed E-state index contributed by atoms with van der Waals surface area (Å²) in [6, 6.07) is 3.46. The zero-order chi connectivity index (χ0) is 17.8. The van der Waals surface area contributed by atoms with Crippen molar-refractivity contribution in [3.05, 3.63) is 38.4 Å². The molecule has 132 valence electrons. The Kier molecular flexibility index (Phi) is 3.50. The summed E-state index contributed by atoms with van der Waals surface area (Å²) in [7, 11) is 0. The third kappa shape index (κ3) is 2.74. The molecule has 0 heterocycles. The number of nitro benzene ring substituents is 2. The summed E-state index contributed by atoms with van der Waals surface area (Å²) >= 11 is 0. The van der Waals surface area contributed by atoms with Crippen molar-refractivity contribution in [3.63, 3.8) is 0 Å². The average Bonchev–Trinajstić information content (AvgIpc) is 2.52. The lowest BCUT2D eigenvalue weighted by molar-refractivity contribution is -0.393. The molecule has 0 amide bonds. The monoisotopic (exact) mass is 346 g/mol. The van der Waals surface area contributed by atoms with Gasteiger partial charge in [-0.3, -0.25) is 25.7 Å². The van der Waals surface area contributed by atoms with Crippen LogP contribution in [0.1, 0.15) is 32.1 Å². The van der Waals surface area contributed by atoms with Gasteiger partial charge in [0.05, 0.1) is 21.5 Å². The maximum absolute atomic E-state index is 11.2. The summed E-state index contributed by atoms with van der Waals surface area (Å²) in [6.45, 7) is 0. The van der Waals surface area contributed by atoms with Gasteiger partial charge in [-0.05, 0) is 44.1 Å². The summed E-state index contributed by atoms with van der Waals surface area (Å²) in [6.07, 6.45) is 4.27. The standard InChI is InChI=1S/C16H18N4O5/c21-16-6-9-3-10(7-16)15(11(4-9)8-16)18-17-13-2-1-12(19(22)23)5-14(13)20(24)25/h1-2,5,9-11,17,21H,3-4,6-8H2. The molecule has 1 aromatic rings. The van der Waals surface area contributed by atoms with E-state index in [9.17, 15) is 25.3 Å². The summed E-state index contributed by atoms with van der Waals surface area (Å²) < 4.78 is 0. The number of non-ortho nitro benzene ring substituents is 1. The second-order valence-electron chi connectivity index (χ2n) is 7.43. The minimum atomic E-state index is -0.666. The summed E-state index contributed by atoms with van der Waals surface area (Å²) in [5, 5.41) is 37.0. The van der Waals surface area contributed by atoms with E-state index in [1.165, 1.54) is 12.1 Å². The van der Waals surface area contributed by atoms with E-state index in [-0.39, 0.29) is 28.9 Å². The van der Waals surface area contributed by atoms with Crippen molar-refractivity contribution in [1.29, 1.82) is 0 Å². The van der Waals surface area contributed by atoms with Gasteiger partial charge >= 0.3 is 5.69 Å². The van der Waals surface area contributed by atoms with Gasteiger partial charge in [0.15, 0.2) is 0 Å². The molecule has 25 heavy (non-hydrogen) atoms. The van der Waals surface area contributed by atoms with Crippen molar-refractivity contribution in [2.75, 3.05) is 5.43 Å². The largest absolute Gasteiger partial charge is 0.390 e. The number of anilines is 1. The molecule has 4 fully saturated rings. The molecule has 5 rings (SSSR count). The average molecular weight is 346 g/mol. The molecule has 1 aromatic carbocycles. The number of nitro groups is 2. The molecule has 4 aliphatic rings. The van der Waals surface area contributed by atoms with Gasteiger partial charge in [0, 0.05) is 23.6 Å². The number of hydrogen-bond donors (Lipinski definition) is 2. The van der Waals surface area contributed by atoms with Crippen LogP contribution < -0.4 is 5.43 Å². The predicted molar refractivity (Wildman–Crippen MR) is 89.3 cm³/mol. The molecule has 0 aliphatic heterocycles. The zero-order valence-electron chi connectivity index (χ0n) is 13.4. The number of hydrogen-bond acceptors (Lipinski definition) is 7. The van der Waals surface area contributed by atoms with Crippen LogP contribution in [0.2, 0.25) is 0 Å². The normalized spacial score (nSPS) is 32.5. The molecule has 0 radical (unpaired) electrons. The summed E-state index contributed by atoms with van der Waals surface area (Å²) in [4.78, 5) is 20.7. The molecule has 2 N–H and O–H groups in total. The first-order valence-electron chi connectivity index (χ1n) is 8.33. The summed E-state index contributed by atoms with van der Waals surface area (Å²) in [5.74, 6) is 0.955. The van der Waals surface area contributed by atoms with Gasteiger partial charge in [0.2, 0.25) is 0 Å². The zero-order valence-corrected chi connectivity index (χ0v) is 13.4. The second-order valence-corrected chi connectivity index (χ2v) is 7.43. The van der Waals surface area contributed by atoms with Crippen LogP contribution in [0.25, 0.3) is 0 Å². The van der Waals surface area contributed by atoms with Gasteiger partial charge in [-0.2, -0.15) is 5.10 Å². The predicted octanol–water partition coefficient (Wildman–Crippen LogP) is 2.84.